The van der Waals surface area contributed by atoms with Gasteiger partial charge in [0.25, 0.3) is 0 Å². The summed E-state index contributed by atoms with van der Waals surface area (Å²) in [6, 6.07) is 9.25. The summed E-state index contributed by atoms with van der Waals surface area (Å²) in [4.78, 5) is 12.0. The number of aliphatic hydroxyl groups is 1. The molecule has 0 aliphatic heterocycles. The first-order valence-electron chi connectivity index (χ1n) is 6.10. The topological polar surface area (TPSA) is 49.3 Å². The van der Waals surface area contributed by atoms with Crippen LogP contribution in [0, 0.1) is 5.41 Å². The van der Waals surface area contributed by atoms with E-state index >= 15 is 0 Å². The monoisotopic (exact) mass is 267 g/mol. The number of alkyl halides is 1. The summed E-state index contributed by atoms with van der Waals surface area (Å²) in [5.41, 5.74) is 0.512. The fourth-order valence-electron chi connectivity index (χ4n) is 2.17. The molecular weight excluding hydrogens is 250 g/mol. The van der Waals surface area contributed by atoms with E-state index in [9.17, 15) is 9.90 Å². The molecule has 3 nitrogen and oxygen atoms in total. The number of nitrogens with one attached hydrogen (secondary N) is 1. The third-order valence-electron chi connectivity index (χ3n) is 3.85. The van der Waals surface area contributed by atoms with Gasteiger partial charge in [0.2, 0.25) is 5.91 Å². The minimum Gasteiger partial charge on any atom is -0.392 e. The molecule has 0 bridgehead atoms. The predicted octanol–water partition coefficient (Wildman–Crippen LogP) is 2.24. The van der Waals surface area contributed by atoms with Crippen molar-refractivity contribution in [1.82, 2.24) is 5.32 Å². The zero-order valence-electron chi connectivity index (χ0n) is 10.6. The van der Waals surface area contributed by atoms with E-state index in [2.05, 4.69) is 5.32 Å². The number of amides is 1. The zero-order valence-corrected chi connectivity index (χ0v) is 11.3. The van der Waals surface area contributed by atoms with E-state index in [1.54, 1.807) is 0 Å². The molecule has 18 heavy (non-hydrogen) atoms. The zero-order chi connectivity index (χ0) is 13.3. The quantitative estimate of drug-likeness (QED) is 0.826. The highest BCUT2D eigenvalue weighted by Crippen LogP contribution is 2.40. The van der Waals surface area contributed by atoms with Crippen LogP contribution < -0.4 is 5.32 Å². The van der Waals surface area contributed by atoms with Crippen LogP contribution in [0.4, 0.5) is 0 Å². The smallest absolute Gasteiger partial charge is 0.242 e. The summed E-state index contributed by atoms with van der Waals surface area (Å²) < 4.78 is 0. The van der Waals surface area contributed by atoms with Gasteiger partial charge in [-0.15, -0.1) is 11.6 Å². The molecule has 4 heteroatoms. The molecule has 98 valence electrons. The minimum atomic E-state index is -0.681. The number of rotatable bonds is 3. The largest absolute Gasteiger partial charge is 0.392 e. The maximum absolute atomic E-state index is 12.0. The third kappa shape index (κ3) is 2.38. The number of aliphatic hydroxyl groups excluding tert-OH is 1. The second-order valence-corrected chi connectivity index (χ2v) is 5.84. The summed E-state index contributed by atoms with van der Waals surface area (Å²) in [5, 5.41) is 11.9. The lowest BCUT2D eigenvalue weighted by Crippen LogP contribution is -2.61. The molecule has 1 saturated carbocycles. The van der Waals surface area contributed by atoms with Gasteiger partial charge in [-0.3, -0.25) is 4.79 Å². The van der Waals surface area contributed by atoms with Gasteiger partial charge in [0.05, 0.1) is 6.10 Å². The number of hydrogen-bond donors (Lipinski definition) is 2. The van der Waals surface area contributed by atoms with Crippen molar-refractivity contribution >= 4 is 17.5 Å². The molecule has 1 aliphatic rings. The van der Waals surface area contributed by atoms with Gasteiger partial charge in [-0.1, -0.05) is 44.2 Å². The van der Waals surface area contributed by atoms with Crippen LogP contribution >= 0.6 is 11.6 Å². The first-order chi connectivity index (χ1) is 8.43. The lowest BCUT2D eigenvalue weighted by Gasteiger charge is -2.49. The molecule has 1 amide bonds. The Morgan fingerprint density at radius 1 is 1.44 bits per heavy atom. The molecular formula is C14H18ClNO2. The molecule has 1 aromatic carbocycles. The van der Waals surface area contributed by atoms with E-state index in [4.69, 9.17) is 11.6 Å². The van der Waals surface area contributed by atoms with Crippen molar-refractivity contribution in [2.24, 2.45) is 5.41 Å². The van der Waals surface area contributed by atoms with Crippen LogP contribution in [0.15, 0.2) is 30.3 Å². The van der Waals surface area contributed by atoms with E-state index in [1.165, 1.54) is 0 Å². The summed E-state index contributed by atoms with van der Waals surface area (Å²) >= 11 is 6.14. The summed E-state index contributed by atoms with van der Waals surface area (Å²) in [6.45, 7) is 3.88. The molecule has 0 spiro atoms. The van der Waals surface area contributed by atoms with Gasteiger partial charge < -0.3 is 10.4 Å². The Hall–Kier alpha value is -1.06. The highest BCUT2D eigenvalue weighted by Gasteiger charge is 2.48. The fraction of sp³-hybridized carbons (Fsp3) is 0.500. The van der Waals surface area contributed by atoms with Crippen molar-refractivity contribution in [1.29, 1.82) is 0 Å². The Balaban J connectivity index is 1.97. The lowest BCUT2D eigenvalue weighted by molar-refractivity contribution is -0.129. The van der Waals surface area contributed by atoms with Gasteiger partial charge in [0.1, 0.15) is 5.38 Å². The van der Waals surface area contributed by atoms with E-state index in [1.807, 2.05) is 44.2 Å². The normalized spacial score (nSPS) is 27.1. The van der Waals surface area contributed by atoms with Crippen LogP contribution in [0.5, 0.6) is 0 Å². The minimum absolute atomic E-state index is 0.00929. The highest BCUT2D eigenvalue weighted by atomic mass is 35.5. The average Bonchev–Trinajstić information content (AvgIpc) is 2.38. The van der Waals surface area contributed by atoms with E-state index in [0.29, 0.717) is 6.42 Å². The van der Waals surface area contributed by atoms with Crippen LogP contribution in [-0.4, -0.2) is 23.2 Å². The Labute approximate surface area is 112 Å². The van der Waals surface area contributed by atoms with E-state index in [-0.39, 0.29) is 23.5 Å². The SMILES string of the molecule is CC1(C)C(O)CC1NC(=O)C(Cl)c1ccccc1. The van der Waals surface area contributed by atoms with Crippen LogP contribution in [0.25, 0.3) is 0 Å². The average molecular weight is 268 g/mol. The number of benzene rings is 1. The van der Waals surface area contributed by atoms with Crippen LogP contribution in [-0.2, 0) is 4.79 Å². The molecule has 0 saturated heterocycles. The molecule has 0 heterocycles. The van der Waals surface area contributed by atoms with Crippen molar-refractivity contribution in [3.8, 4) is 0 Å². The van der Waals surface area contributed by atoms with Crippen molar-refractivity contribution in [2.45, 2.75) is 37.8 Å². The van der Waals surface area contributed by atoms with Gasteiger partial charge in [-0.2, -0.15) is 0 Å². The Bertz CT molecular complexity index is 433. The summed E-state index contributed by atoms with van der Waals surface area (Å²) in [6.07, 6.45) is 0.241. The predicted molar refractivity (Wildman–Crippen MR) is 71.4 cm³/mol. The van der Waals surface area contributed by atoms with Gasteiger partial charge in [-0.05, 0) is 12.0 Å². The standard InChI is InChI=1S/C14H18ClNO2/c1-14(2)10(8-11(14)17)16-13(18)12(15)9-6-4-3-5-7-9/h3-7,10-12,17H,8H2,1-2H3,(H,16,18). The molecule has 3 atom stereocenters. The molecule has 1 aliphatic carbocycles. The van der Waals surface area contributed by atoms with Crippen molar-refractivity contribution in [3.05, 3.63) is 35.9 Å². The van der Waals surface area contributed by atoms with Crippen molar-refractivity contribution in [3.63, 3.8) is 0 Å². The fourth-order valence-corrected chi connectivity index (χ4v) is 2.37. The molecule has 1 fully saturated rings. The number of halogens is 1. The molecule has 3 unspecified atom stereocenters. The molecule has 2 rings (SSSR count). The first-order valence-corrected chi connectivity index (χ1v) is 6.54. The molecule has 1 aromatic rings. The number of carbonyl (C=O) groups excluding carboxylic acids is 1. The van der Waals surface area contributed by atoms with Crippen LogP contribution in [0.3, 0.4) is 0 Å². The Kier molecular flexibility index (Phi) is 3.64. The molecule has 2 N–H and O–H groups in total. The van der Waals surface area contributed by atoms with Gasteiger partial charge in [-0.25, -0.2) is 0 Å². The van der Waals surface area contributed by atoms with Crippen molar-refractivity contribution < 1.29 is 9.90 Å². The van der Waals surface area contributed by atoms with Gasteiger partial charge >= 0.3 is 0 Å². The van der Waals surface area contributed by atoms with Crippen LogP contribution in [0.1, 0.15) is 31.2 Å². The summed E-state index contributed by atoms with van der Waals surface area (Å²) in [5.74, 6) is -0.201. The molecule has 0 aromatic heterocycles. The third-order valence-corrected chi connectivity index (χ3v) is 4.30. The Morgan fingerprint density at radius 2 is 2.06 bits per heavy atom. The van der Waals surface area contributed by atoms with Crippen LogP contribution in [0.2, 0.25) is 0 Å². The first kappa shape index (κ1) is 13.4. The Morgan fingerprint density at radius 3 is 2.56 bits per heavy atom. The second kappa shape index (κ2) is 4.90. The number of carbonyl (C=O) groups is 1. The van der Waals surface area contributed by atoms with E-state index < -0.39 is 5.38 Å². The van der Waals surface area contributed by atoms with E-state index in [0.717, 1.165) is 5.56 Å². The lowest BCUT2D eigenvalue weighted by atomic mass is 9.64. The maximum Gasteiger partial charge on any atom is 0.242 e. The summed E-state index contributed by atoms with van der Waals surface area (Å²) in [7, 11) is 0. The second-order valence-electron chi connectivity index (χ2n) is 5.41. The van der Waals surface area contributed by atoms with Gasteiger partial charge in [0.15, 0.2) is 0 Å². The van der Waals surface area contributed by atoms with Gasteiger partial charge in [0, 0.05) is 11.5 Å². The molecule has 0 radical (unpaired) electrons. The number of hydrogen-bond acceptors (Lipinski definition) is 2. The van der Waals surface area contributed by atoms with Crippen molar-refractivity contribution in [2.75, 3.05) is 0 Å². The maximum atomic E-state index is 12.0. The highest BCUT2D eigenvalue weighted by molar-refractivity contribution is 6.30.